The van der Waals surface area contributed by atoms with E-state index in [1.165, 1.54) is 13.3 Å². The number of amides is 1. The van der Waals surface area contributed by atoms with Crippen molar-refractivity contribution in [1.29, 1.82) is 0 Å². The van der Waals surface area contributed by atoms with Crippen LogP contribution >= 0.6 is 0 Å². The highest BCUT2D eigenvalue weighted by Gasteiger charge is 2.57. The molecule has 5 N–H and O–H groups in total. The van der Waals surface area contributed by atoms with Gasteiger partial charge in [0.05, 0.1) is 12.8 Å². The Hall–Kier alpha value is -3.68. The van der Waals surface area contributed by atoms with Crippen LogP contribution in [0.3, 0.4) is 0 Å². The standard InChI is InChI=1S/C18H20F3N7O4/c1-17(18(20,21)8-32-16(23)28-17)13-9(19)3-4-10(25-13)26-15(29)12-14(22)27-11(7-24-12)31-6-5-30-2/h3-4,7H,5-6,8H2,1-2H3,(H2,22,27)(H2,23,28)(H,25,26,29). The van der Waals surface area contributed by atoms with E-state index in [-0.39, 0.29) is 29.8 Å². The number of hydrogen-bond donors (Lipinski definition) is 3. The van der Waals surface area contributed by atoms with Gasteiger partial charge in [-0.15, -0.1) is 0 Å². The van der Waals surface area contributed by atoms with Crippen molar-refractivity contribution in [2.45, 2.75) is 18.4 Å². The molecule has 32 heavy (non-hydrogen) atoms. The molecule has 0 radical (unpaired) electrons. The van der Waals surface area contributed by atoms with Crippen LogP contribution in [0.1, 0.15) is 23.1 Å². The topological polar surface area (TPSA) is 160 Å². The Morgan fingerprint density at radius 1 is 1.28 bits per heavy atom. The lowest BCUT2D eigenvalue weighted by Gasteiger charge is -2.36. The van der Waals surface area contributed by atoms with Gasteiger partial charge in [0.15, 0.2) is 23.7 Å². The van der Waals surface area contributed by atoms with Gasteiger partial charge in [0, 0.05) is 7.11 Å². The zero-order valence-electron chi connectivity index (χ0n) is 17.1. The summed E-state index contributed by atoms with van der Waals surface area (Å²) in [5.74, 6) is -5.97. The summed E-state index contributed by atoms with van der Waals surface area (Å²) in [6, 6.07) is 1.41. The summed E-state index contributed by atoms with van der Waals surface area (Å²) in [6.45, 7) is 0.356. The predicted octanol–water partition coefficient (Wildman–Crippen LogP) is 1.07. The van der Waals surface area contributed by atoms with E-state index in [9.17, 15) is 18.0 Å². The van der Waals surface area contributed by atoms with Crippen LogP contribution in [-0.2, 0) is 15.0 Å². The lowest BCUT2D eigenvalue weighted by molar-refractivity contribution is -0.118. The van der Waals surface area contributed by atoms with Gasteiger partial charge < -0.3 is 31.0 Å². The zero-order valence-corrected chi connectivity index (χ0v) is 17.1. The number of amidine groups is 1. The predicted molar refractivity (Wildman–Crippen MR) is 106 cm³/mol. The molecule has 1 atom stereocenters. The molecule has 0 saturated heterocycles. The van der Waals surface area contributed by atoms with Crippen molar-refractivity contribution in [2.24, 2.45) is 10.7 Å². The van der Waals surface area contributed by atoms with Gasteiger partial charge in [-0.05, 0) is 19.1 Å². The molecule has 1 amide bonds. The van der Waals surface area contributed by atoms with E-state index in [1.807, 2.05) is 0 Å². The lowest BCUT2D eigenvalue weighted by atomic mass is 9.89. The second-order valence-corrected chi connectivity index (χ2v) is 6.78. The maximum absolute atomic E-state index is 14.5. The SMILES string of the molecule is COCCOc1cnc(C(=O)Nc2ccc(F)c(C3(C)N=C(N)OCC3(F)F)n2)c(N)n1. The third-order valence-corrected chi connectivity index (χ3v) is 4.53. The smallest absolute Gasteiger partial charge is 0.311 e. The van der Waals surface area contributed by atoms with Crippen molar-refractivity contribution in [3.05, 3.63) is 35.5 Å². The van der Waals surface area contributed by atoms with Gasteiger partial charge in [-0.25, -0.2) is 19.4 Å². The van der Waals surface area contributed by atoms with Gasteiger partial charge in [0.2, 0.25) is 5.88 Å². The first-order valence-corrected chi connectivity index (χ1v) is 9.16. The van der Waals surface area contributed by atoms with Crippen LogP contribution < -0.4 is 21.5 Å². The van der Waals surface area contributed by atoms with Gasteiger partial charge >= 0.3 is 5.92 Å². The first kappa shape index (κ1) is 23.0. The molecule has 11 nitrogen and oxygen atoms in total. The number of nitrogen functional groups attached to an aromatic ring is 1. The summed E-state index contributed by atoms with van der Waals surface area (Å²) in [6.07, 6.45) is 1.17. The number of nitrogens with zero attached hydrogens (tertiary/aromatic N) is 4. The van der Waals surface area contributed by atoms with Gasteiger partial charge in [-0.1, -0.05) is 0 Å². The zero-order chi connectivity index (χ0) is 23.5. The largest absolute Gasteiger partial charge is 0.474 e. The van der Waals surface area contributed by atoms with Crippen LogP contribution in [0.4, 0.5) is 24.8 Å². The molecule has 1 aliphatic rings. The fraction of sp³-hybridized carbons (Fsp3) is 0.389. The molecule has 172 valence electrons. The Kier molecular flexibility index (Phi) is 6.34. The van der Waals surface area contributed by atoms with E-state index in [2.05, 4.69) is 30.0 Å². The van der Waals surface area contributed by atoms with Gasteiger partial charge in [0.25, 0.3) is 11.9 Å². The number of anilines is 2. The molecule has 0 saturated carbocycles. The molecule has 2 aromatic heterocycles. The van der Waals surface area contributed by atoms with Crippen LogP contribution in [0.5, 0.6) is 5.88 Å². The average molecular weight is 455 g/mol. The molecule has 0 aromatic carbocycles. The van der Waals surface area contributed by atoms with Crippen molar-refractivity contribution in [3.63, 3.8) is 0 Å². The van der Waals surface area contributed by atoms with E-state index in [1.54, 1.807) is 0 Å². The Morgan fingerprint density at radius 2 is 2.03 bits per heavy atom. The number of hydrogen-bond acceptors (Lipinski definition) is 10. The summed E-state index contributed by atoms with van der Waals surface area (Å²) in [7, 11) is 1.50. The minimum absolute atomic E-state index is 0.0726. The number of pyridine rings is 1. The molecule has 3 rings (SSSR count). The number of alkyl halides is 2. The van der Waals surface area contributed by atoms with Crippen molar-refractivity contribution in [2.75, 3.05) is 38.0 Å². The molecule has 2 aromatic rings. The molecule has 14 heteroatoms. The summed E-state index contributed by atoms with van der Waals surface area (Å²) >= 11 is 0. The summed E-state index contributed by atoms with van der Waals surface area (Å²) in [5.41, 5.74) is 7.70. The van der Waals surface area contributed by atoms with Gasteiger partial charge in [-0.3, -0.25) is 4.79 Å². The molecule has 3 heterocycles. The number of aromatic nitrogens is 3. The van der Waals surface area contributed by atoms with Crippen LogP contribution in [-0.4, -0.2) is 59.7 Å². The average Bonchev–Trinajstić information content (AvgIpc) is 2.73. The van der Waals surface area contributed by atoms with E-state index < -0.39 is 41.5 Å². The minimum Gasteiger partial charge on any atom is -0.474 e. The number of carbonyl (C=O) groups excluding carboxylic acids is 1. The Bertz CT molecular complexity index is 1050. The summed E-state index contributed by atoms with van der Waals surface area (Å²) < 4.78 is 58.1. The van der Waals surface area contributed by atoms with Crippen molar-refractivity contribution in [3.8, 4) is 5.88 Å². The number of nitrogens with one attached hydrogen (secondary N) is 1. The van der Waals surface area contributed by atoms with Crippen molar-refractivity contribution < 1.29 is 32.2 Å². The summed E-state index contributed by atoms with van der Waals surface area (Å²) in [4.78, 5) is 27.7. The quantitative estimate of drug-likeness (QED) is 0.519. The number of halogens is 3. The third kappa shape index (κ3) is 4.49. The number of aliphatic imine (C=N–C) groups is 1. The third-order valence-electron chi connectivity index (χ3n) is 4.53. The highest BCUT2D eigenvalue weighted by Crippen LogP contribution is 2.43. The lowest BCUT2D eigenvalue weighted by Crippen LogP contribution is -2.51. The van der Waals surface area contributed by atoms with Gasteiger partial charge in [-0.2, -0.15) is 13.8 Å². The van der Waals surface area contributed by atoms with E-state index in [0.717, 1.165) is 19.1 Å². The number of rotatable bonds is 7. The number of nitrogens with two attached hydrogens (primary N) is 2. The van der Waals surface area contributed by atoms with Crippen LogP contribution in [0.2, 0.25) is 0 Å². The fourth-order valence-electron chi connectivity index (χ4n) is 2.75. The van der Waals surface area contributed by atoms with Crippen LogP contribution in [0, 0.1) is 5.82 Å². The Morgan fingerprint density at radius 3 is 2.72 bits per heavy atom. The van der Waals surface area contributed by atoms with Crippen molar-refractivity contribution in [1.82, 2.24) is 15.0 Å². The maximum atomic E-state index is 14.5. The monoisotopic (exact) mass is 455 g/mol. The van der Waals surface area contributed by atoms with Gasteiger partial charge in [0.1, 0.15) is 23.9 Å². The maximum Gasteiger partial charge on any atom is 0.311 e. The van der Waals surface area contributed by atoms with E-state index in [4.69, 9.17) is 20.9 Å². The fourth-order valence-corrected chi connectivity index (χ4v) is 2.75. The Balaban J connectivity index is 1.85. The second-order valence-electron chi connectivity index (χ2n) is 6.78. The number of ether oxygens (including phenoxy) is 3. The van der Waals surface area contributed by atoms with Crippen molar-refractivity contribution >= 4 is 23.6 Å². The molecule has 0 bridgehead atoms. The van der Waals surface area contributed by atoms with E-state index in [0.29, 0.717) is 6.61 Å². The summed E-state index contributed by atoms with van der Waals surface area (Å²) in [5, 5.41) is 2.32. The van der Waals surface area contributed by atoms with Crippen LogP contribution in [0.25, 0.3) is 0 Å². The van der Waals surface area contributed by atoms with Crippen LogP contribution in [0.15, 0.2) is 23.3 Å². The first-order chi connectivity index (χ1) is 15.1. The van der Waals surface area contributed by atoms with E-state index >= 15 is 0 Å². The second kappa shape index (κ2) is 8.82. The molecule has 1 unspecified atom stereocenters. The molecule has 0 spiro atoms. The first-order valence-electron chi connectivity index (χ1n) is 9.16. The highest BCUT2D eigenvalue weighted by atomic mass is 19.3. The molecular weight excluding hydrogens is 435 g/mol. The highest BCUT2D eigenvalue weighted by molar-refractivity contribution is 6.05. The molecule has 0 fully saturated rings. The normalized spacial score (nSPS) is 19.6. The molecular formula is C18H20F3N7O4. The Labute approximate surface area is 180 Å². The minimum atomic E-state index is -3.62. The number of methoxy groups -OCH3 is 1. The molecule has 0 aliphatic carbocycles. The molecule has 1 aliphatic heterocycles. The number of carbonyl (C=O) groups is 1.